The van der Waals surface area contributed by atoms with Crippen molar-refractivity contribution in [3.05, 3.63) is 66.5 Å². The minimum absolute atomic E-state index is 0.674. The van der Waals surface area contributed by atoms with Gasteiger partial charge in [0, 0.05) is 23.5 Å². The van der Waals surface area contributed by atoms with Gasteiger partial charge in [-0.3, -0.25) is 0 Å². The van der Waals surface area contributed by atoms with Crippen molar-refractivity contribution in [2.24, 2.45) is 0 Å². The van der Waals surface area contributed by atoms with Crippen LogP contribution in [0.25, 0.3) is 16.6 Å². The number of aromatic nitrogens is 1. The lowest BCUT2D eigenvalue weighted by atomic mass is 10.1. The van der Waals surface area contributed by atoms with Crippen LogP contribution in [0.4, 0.5) is 0 Å². The molecular weight excluding hydrogens is 208 g/mol. The number of hydrogen-bond acceptors (Lipinski definition) is 1. The molecule has 0 radical (unpaired) electrons. The maximum absolute atomic E-state index is 8.86. The molecule has 0 amide bonds. The van der Waals surface area contributed by atoms with Gasteiger partial charge in [0.15, 0.2) is 0 Å². The first-order valence-corrected chi connectivity index (χ1v) is 5.44. The van der Waals surface area contributed by atoms with Gasteiger partial charge in [-0.25, -0.2) is 0 Å². The van der Waals surface area contributed by atoms with E-state index >= 15 is 0 Å². The number of hydrogen-bond donors (Lipinski definition) is 0. The summed E-state index contributed by atoms with van der Waals surface area (Å²) >= 11 is 0. The predicted octanol–water partition coefficient (Wildman–Crippen LogP) is 3.48. The van der Waals surface area contributed by atoms with E-state index in [2.05, 4.69) is 24.3 Å². The summed E-state index contributed by atoms with van der Waals surface area (Å²) in [7, 11) is 0. The third-order valence-electron chi connectivity index (χ3n) is 2.83. The largest absolute Gasteiger partial charge is 0.322 e. The van der Waals surface area contributed by atoms with Crippen LogP contribution < -0.4 is 0 Å². The lowest BCUT2D eigenvalue weighted by Gasteiger charge is -1.94. The van der Waals surface area contributed by atoms with Crippen LogP contribution in [-0.4, -0.2) is 4.40 Å². The summed E-state index contributed by atoms with van der Waals surface area (Å²) in [6.07, 6.45) is 3.90. The Hall–Kier alpha value is -2.53. The molecule has 3 aromatic rings. The SMILES string of the molecule is N#Cc1ccc2cc(-c3ccccc3)cn2c1. The fourth-order valence-corrected chi connectivity index (χ4v) is 1.96. The molecule has 0 aliphatic heterocycles. The molecule has 0 fully saturated rings. The molecule has 0 N–H and O–H groups in total. The van der Waals surface area contributed by atoms with Gasteiger partial charge < -0.3 is 4.40 Å². The van der Waals surface area contributed by atoms with E-state index in [1.807, 2.05) is 47.1 Å². The molecule has 2 heterocycles. The fourth-order valence-electron chi connectivity index (χ4n) is 1.96. The quantitative estimate of drug-likeness (QED) is 0.614. The molecule has 0 bridgehead atoms. The average molecular weight is 218 g/mol. The summed E-state index contributed by atoms with van der Waals surface area (Å²) in [4.78, 5) is 0. The third kappa shape index (κ3) is 1.68. The zero-order valence-electron chi connectivity index (χ0n) is 9.17. The van der Waals surface area contributed by atoms with E-state index in [-0.39, 0.29) is 0 Å². The van der Waals surface area contributed by atoms with E-state index in [0.717, 1.165) is 5.52 Å². The average Bonchev–Trinajstić information content (AvgIpc) is 2.82. The molecule has 1 aromatic carbocycles. The zero-order chi connectivity index (χ0) is 11.7. The van der Waals surface area contributed by atoms with Crippen LogP contribution in [0.5, 0.6) is 0 Å². The second-order valence-corrected chi connectivity index (χ2v) is 3.96. The summed E-state index contributed by atoms with van der Waals surface area (Å²) in [6, 6.07) is 18.3. The molecule has 0 unspecified atom stereocenters. The Morgan fingerprint density at radius 1 is 0.882 bits per heavy atom. The van der Waals surface area contributed by atoms with E-state index in [9.17, 15) is 0 Å². The Bertz CT molecular complexity index is 703. The highest BCUT2D eigenvalue weighted by Gasteiger charge is 2.02. The van der Waals surface area contributed by atoms with Crippen LogP contribution >= 0.6 is 0 Å². The predicted molar refractivity (Wildman–Crippen MR) is 67.5 cm³/mol. The van der Waals surface area contributed by atoms with Crippen molar-refractivity contribution in [3.63, 3.8) is 0 Å². The van der Waals surface area contributed by atoms with Crippen molar-refractivity contribution in [2.45, 2.75) is 0 Å². The van der Waals surface area contributed by atoms with Crippen LogP contribution in [0.1, 0.15) is 5.56 Å². The lowest BCUT2D eigenvalue weighted by Crippen LogP contribution is -1.82. The maximum Gasteiger partial charge on any atom is 0.101 e. The van der Waals surface area contributed by atoms with Crippen LogP contribution in [0, 0.1) is 11.3 Å². The lowest BCUT2D eigenvalue weighted by molar-refractivity contribution is 1.19. The molecule has 0 saturated carbocycles. The van der Waals surface area contributed by atoms with E-state index < -0.39 is 0 Å². The smallest absolute Gasteiger partial charge is 0.101 e. The molecular formula is C15H10N2. The van der Waals surface area contributed by atoms with E-state index in [1.54, 1.807) is 0 Å². The normalized spacial score (nSPS) is 10.3. The van der Waals surface area contributed by atoms with Crippen molar-refractivity contribution in [2.75, 3.05) is 0 Å². The number of pyridine rings is 1. The number of benzene rings is 1. The summed E-state index contributed by atoms with van der Waals surface area (Å²) in [5.74, 6) is 0. The third-order valence-corrected chi connectivity index (χ3v) is 2.83. The van der Waals surface area contributed by atoms with Gasteiger partial charge in [0.25, 0.3) is 0 Å². The summed E-state index contributed by atoms with van der Waals surface area (Å²) in [5.41, 5.74) is 4.13. The first-order valence-electron chi connectivity index (χ1n) is 5.44. The molecule has 0 saturated heterocycles. The van der Waals surface area contributed by atoms with Crippen molar-refractivity contribution in [1.82, 2.24) is 4.40 Å². The standard InChI is InChI=1S/C15H10N2/c16-9-12-6-7-15-8-14(11-17(15)10-12)13-4-2-1-3-5-13/h1-8,10-11H. The molecule has 2 nitrogen and oxygen atoms in total. The molecule has 0 atom stereocenters. The molecule has 2 aromatic heterocycles. The Balaban J connectivity index is 2.18. The van der Waals surface area contributed by atoms with Gasteiger partial charge in [0.05, 0.1) is 5.56 Å². The van der Waals surface area contributed by atoms with Crippen molar-refractivity contribution in [3.8, 4) is 17.2 Å². The second-order valence-electron chi connectivity index (χ2n) is 3.96. The zero-order valence-corrected chi connectivity index (χ0v) is 9.17. The molecule has 17 heavy (non-hydrogen) atoms. The Kier molecular flexibility index (Phi) is 2.16. The first-order chi connectivity index (χ1) is 8.36. The minimum Gasteiger partial charge on any atom is -0.322 e. The molecule has 3 rings (SSSR count). The maximum atomic E-state index is 8.86. The van der Waals surface area contributed by atoms with E-state index in [1.165, 1.54) is 11.1 Å². The van der Waals surface area contributed by atoms with Crippen molar-refractivity contribution >= 4 is 5.52 Å². The molecule has 0 spiro atoms. The highest BCUT2D eigenvalue weighted by molar-refractivity contribution is 5.70. The van der Waals surface area contributed by atoms with Gasteiger partial charge in [0.2, 0.25) is 0 Å². The summed E-state index contributed by atoms with van der Waals surface area (Å²) in [5, 5.41) is 8.86. The van der Waals surface area contributed by atoms with Gasteiger partial charge in [0.1, 0.15) is 6.07 Å². The van der Waals surface area contributed by atoms with Crippen LogP contribution in [0.15, 0.2) is 60.9 Å². The molecule has 2 heteroatoms. The van der Waals surface area contributed by atoms with Gasteiger partial charge in [-0.2, -0.15) is 5.26 Å². The van der Waals surface area contributed by atoms with Crippen molar-refractivity contribution in [1.29, 1.82) is 5.26 Å². The van der Waals surface area contributed by atoms with Crippen LogP contribution in [0.2, 0.25) is 0 Å². The molecule has 0 aliphatic rings. The van der Waals surface area contributed by atoms with E-state index in [4.69, 9.17) is 5.26 Å². The number of nitrogens with zero attached hydrogens (tertiary/aromatic N) is 2. The highest BCUT2D eigenvalue weighted by Crippen LogP contribution is 2.22. The van der Waals surface area contributed by atoms with Crippen LogP contribution in [-0.2, 0) is 0 Å². The van der Waals surface area contributed by atoms with E-state index in [0.29, 0.717) is 5.56 Å². The van der Waals surface area contributed by atoms with Gasteiger partial charge in [-0.1, -0.05) is 30.3 Å². The van der Waals surface area contributed by atoms with Gasteiger partial charge in [-0.15, -0.1) is 0 Å². The molecule has 80 valence electrons. The number of nitriles is 1. The first kappa shape index (κ1) is 9.68. The Morgan fingerprint density at radius 3 is 2.47 bits per heavy atom. The number of rotatable bonds is 1. The molecule has 0 aliphatic carbocycles. The van der Waals surface area contributed by atoms with Crippen LogP contribution in [0.3, 0.4) is 0 Å². The van der Waals surface area contributed by atoms with Gasteiger partial charge >= 0.3 is 0 Å². The second kappa shape index (κ2) is 3.80. The summed E-state index contributed by atoms with van der Waals surface area (Å²) < 4.78 is 1.99. The minimum atomic E-state index is 0.674. The fraction of sp³-hybridized carbons (Fsp3) is 0. The van der Waals surface area contributed by atoms with Crippen molar-refractivity contribution < 1.29 is 0 Å². The topological polar surface area (TPSA) is 28.2 Å². The Labute approximate surface area is 99.4 Å². The van der Waals surface area contributed by atoms with Gasteiger partial charge in [-0.05, 0) is 23.8 Å². The Morgan fingerprint density at radius 2 is 1.71 bits per heavy atom. The number of fused-ring (bicyclic) bond motifs is 1. The monoisotopic (exact) mass is 218 g/mol. The summed E-state index contributed by atoms with van der Waals surface area (Å²) in [6.45, 7) is 0. The highest BCUT2D eigenvalue weighted by atomic mass is 14.9.